The highest BCUT2D eigenvalue weighted by atomic mass is 35.5. The van der Waals surface area contributed by atoms with Gasteiger partial charge in [0.05, 0.1) is 5.75 Å². The van der Waals surface area contributed by atoms with Gasteiger partial charge in [0.2, 0.25) is 0 Å². The quantitative estimate of drug-likeness (QED) is 0.874. The van der Waals surface area contributed by atoms with Crippen molar-refractivity contribution in [2.45, 2.75) is 17.9 Å². The van der Waals surface area contributed by atoms with Crippen molar-refractivity contribution in [1.82, 2.24) is 4.98 Å². The second-order valence-corrected chi connectivity index (χ2v) is 6.25. The first-order chi connectivity index (χ1) is 6.92. The molecule has 0 saturated heterocycles. The summed E-state index contributed by atoms with van der Waals surface area (Å²) in [6.45, 7) is 0. The molecule has 0 aliphatic heterocycles. The number of halogens is 1. The van der Waals surface area contributed by atoms with E-state index in [-0.39, 0.29) is 28.1 Å². The molecule has 0 spiro atoms. The maximum absolute atomic E-state index is 11.5. The molecule has 0 unspecified atom stereocenters. The van der Waals surface area contributed by atoms with Crippen LogP contribution < -0.4 is 0 Å². The van der Waals surface area contributed by atoms with E-state index in [0.29, 0.717) is 0 Å². The molecule has 0 amide bonds. The van der Waals surface area contributed by atoms with Gasteiger partial charge in [0.25, 0.3) is 0 Å². The number of carboxylic acid groups (broad SMARTS) is 1. The van der Waals surface area contributed by atoms with E-state index in [9.17, 15) is 13.2 Å². The molecule has 0 fully saturated rings. The van der Waals surface area contributed by atoms with E-state index >= 15 is 0 Å². The van der Waals surface area contributed by atoms with E-state index in [1.165, 1.54) is 5.38 Å². The molecule has 1 aromatic rings. The second kappa shape index (κ2) is 4.91. The van der Waals surface area contributed by atoms with Crippen LogP contribution in [0.15, 0.2) is 10.4 Å². The largest absolute Gasteiger partial charge is 0.481 e. The first-order valence-corrected chi connectivity index (χ1v) is 6.88. The topological polar surface area (TPSA) is 84.3 Å². The fraction of sp³-hybridized carbons (Fsp3) is 0.429. The van der Waals surface area contributed by atoms with E-state index in [2.05, 4.69) is 4.98 Å². The Morgan fingerprint density at radius 1 is 1.60 bits per heavy atom. The van der Waals surface area contributed by atoms with Gasteiger partial charge < -0.3 is 5.11 Å². The summed E-state index contributed by atoms with van der Waals surface area (Å²) in [6.07, 6.45) is -0.0933. The highest BCUT2D eigenvalue weighted by Gasteiger charge is 2.18. The molecule has 15 heavy (non-hydrogen) atoms. The molecule has 0 bridgehead atoms. The average molecular weight is 270 g/mol. The standard InChI is InChI=1S/C7H8ClNO4S2/c8-7-9-5(4-14-7)15(12,13)3-1-2-6(10)11/h4H,1-3H2,(H,10,11). The Labute approximate surface area is 95.6 Å². The van der Waals surface area contributed by atoms with E-state index in [1.807, 2.05) is 0 Å². The Morgan fingerprint density at radius 3 is 2.73 bits per heavy atom. The Hall–Kier alpha value is -0.660. The van der Waals surface area contributed by atoms with Gasteiger partial charge in [-0.2, -0.15) is 0 Å². The minimum atomic E-state index is -3.48. The number of hydrogen-bond acceptors (Lipinski definition) is 5. The van der Waals surface area contributed by atoms with Gasteiger partial charge in [-0.3, -0.25) is 4.79 Å². The lowest BCUT2D eigenvalue weighted by atomic mass is 10.3. The summed E-state index contributed by atoms with van der Waals surface area (Å²) in [7, 11) is -3.48. The molecule has 5 nitrogen and oxygen atoms in total. The molecule has 1 N–H and O–H groups in total. The van der Waals surface area contributed by atoms with Crippen molar-refractivity contribution in [1.29, 1.82) is 0 Å². The van der Waals surface area contributed by atoms with Gasteiger partial charge in [-0.25, -0.2) is 13.4 Å². The fourth-order valence-corrected chi connectivity index (χ4v) is 3.33. The van der Waals surface area contributed by atoms with Crippen LogP contribution >= 0.6 is 22.9 Å². The molecule has 1 heterocycles. The number of hydrogen-bond donors (Lipinski definition) is 1. The number of thiazole rings is 1. The number of aliphatic carboxylic acids is 1. The molecular weight excluding hydrogens is 262 g/mol. The van der Waals surface area contributed by atoms with Crippen LogP contribution in [0.3, 0.4) is 0 Å². The van der Waals surface area contributed by atoms with E-state index in [4.69, 9.17) is 16.7 Å². The Kier molecular flexibility index (Phi) is 4.06. The summed E-state index contributed by atoms with van der Waals surface area (Å²) in [5, 5.41) is 9.62. The number of sulfone groups is 1. The molecule has 1 rings (SSSR count). The lowest BCUT2D eigenvalue weighted by Crippen LogP contribution is -2.09. The molecule has 8 heteroatoms. The summed E-state index contributed by atoms with van der Waals surface area (Å²) < 4.78 is 23.2. The van der Waals surface area contributed by atoms with Crippen LogP contribution in [0.2, 0.25) is 4.47 Å². The number of carbonyl (C=O) groups is 1. The maximum atomic E-state index is 11.5. The Bertz CT molecular complexity index is 453. The van der Waals surface area contributed by atoms with Crippen LogP contribution in [0, 0.1) is 0 Å². The van der Waals surface area contributed by atoms with E-state index in [1.54, 1.807) is 0 Å². The summed E-state index contributed by atoms with van der Waals surface area (Å²) in [5.41, 5.74) is 0. The molecular formula is C7H8ClNO4S2. The van der Waals surface area contributed by atoms with Crippen molar-refractivity contribution in [3.05, 3.63) is 9.85 Å². The summed E-state index contributed by atoms with van der Waals surface area (Å²) in [5.74, 6) is -1.24. The zero-order valence-electron chi connectivity index (χ0n) is 7.51. The molecule has 0 atom stereocenters. The lowest BCUT2D eigenvalue weighted by molar-refractivity contribution is -0.137. The van der Waals surface area contributed by atoms with Gasteiger partial charge in [-0.1, -0.05) is 11.6 Å². The molecule has 0 radical (unpaired) electrons. The minimum absolute atomic E-state index is 0.0762. The molecule has 0 aliphatic rings. The number of aromatic nitrogens is 1. The van der Waals surface area contributed by atoms with Crippen molar-refractivity contribution < 1.29 is 18.3 Å². The van der Waals surface area contributed by atoms with Crippen molar-refractivity contribution in [3.63, 3.8) is 0 Å². The molecule has 0 saturated carbocycles. The van der Waals surface area contributed by atoms with Crippen LogP contribution in [0.4, 0.5) is 0 Å². The highest BCUT2D eigenvalue weighted by molar-refractivity contribution is 7.91. The van der Waals surface area contributed by atoms with Crippen molar-refractivity contribution in [2.24, 2.45) is 0 Å². The smallest absolute Gasteiger partial charge is 0.303 e. The third-order valence-corrected chi connectivity index (χ3v) is 4.38. The lowest BCUT2D eigenvalue weighted by Gasteiger charge is -1.98. The first kappa shape index (κ1) is 12.4. The third-order valence-electron chi connectivity index (χ3n) is 1.58. The van der Waals surface area contributed by atoms with E-state index in [0.717, 1.165) is 11.3 Å². The average Bonchev–Trinajstić information content (AvgIpc) is 2.51. The van der Waals surface area contributed by atoms with Gasteiger partial charge >= 0.3 is 5.97 Å². The zero-order chi connectivity index (χ0) is 11.5. The summed E-state index contributed by atoms with van der Waals surface area (Å²) in [4.78, 5) is 13.8. The SMILES string of the molecule is O=C(O)CCCS(=O)(=O)c1csc(Cl)n1. The van der Waals surface area contributed by atoms with Crippen LogP contribution in [-0.2, 0) is 14.6 Å². The second-order valence-electron chi connectivity index (χ2n) is 2.75. The predicted octanol–water partition coefficient (Wildman–Crippen LogP) is 1.44. The van der Waals surface area contributed by atoms with Gasteiger partial charge in [0.15, 0.2) is 19.3 Å². The van der Waals surface area contributed by atoms with Crippen molar-refractivity contribution >= 4 is 38.7 Å². The molecule has 0 aromatic carbocycles. The van der Waals surface area contributed by atoms with Gasteiger partial charge in [0, 0.05) is 11.8 Å². The molecule has 84 valence electrons. The maximum Gasteiger partial charge on any atom is 0.303 e. The van der Waals surface area contributed by atoms with Gasteiger partial charge in [0.1, 0.15) is 0 Å². The zero-order valence-corrected chi connectivity index (χ0v) is 9.90. The summed E-state index contributed by atoms with van der Waals surface area (Å²) >= 11 is 6.53. The minimum Gasteiger partial charge on any atom is -0.481 e. The number of nitrogens with zero attached hydrogens (tertiary/aromatic N) is 1. The van der Waals surface area contributed by atoms with E-state index < -0.39 is 15.8 Å². The van der Waals surface area contributed by atoms with Crippen LogP contribution in [0.25, 0.3) is 0 Å². The number of rotatable bonds is 5. The number of carboxylic acids is 1. The predicted molar refractivity (Wildman–Crippen MR) is 56.0 cm³/mol. The monoisotopic (exact) mass is 269 g/mol. The first-order valence-electron chi connectivity index (χ1n) is 3.97. The van der Waals surface area contributed by atoms with Crippen molar-refractivity contribution in [3.8, 4) is 0 Å². The molecule has 1 aromatic heterocycles. The van der Waals surface area contributed by atoms with Crippen molar-refractivity contribution in [2.75, 3.05) is 5.75 Å². The van der Waals surface area contributed by atoms with Crippen LogP contribution in [0.1, 0.15) is 12.8 Å². The normalized spacial score (nSPS) is 11.5. The Morgan fingerprint density at radius 2 is 2.27 bits per heavy atom. The third kappa shape index (κ3) is 3.77. The summed E-state index contributed by atoms with van der Waals surface area (Å²) in [6, 6.07) is 0. The fourth-order valence-electron chi connectivity index (χ4n) is 0.899. The van der Waals surface area contributed by atoms with Crippen LogP contribution in [-0.4, -0.2) is 30.2 Å². The molecule has 0 aliphatic carbocycles. The van der Waals surface area contributed by atoms with Gasteiger partial charge in [-0.15, -0.1) is 11.3 Å². The van der Waals surface area contributed by atoms with Crippen LogP contribution in [0.5, 0.6) is 0 Å². The van der Waals surface area contributed by atoms with Gasteiger partial charge in [-0.05, 0) is 6.42 Å². The Balaban J connectivity index is 2.64. The highest BCUT2D eigenvalue weighted by Crippen LogP contribution is 2.20.